The van der Waals surface area contributed by atoms with Crippen molar-refractivity contribution in [2.75, 3.05) is 52.2 Å². The molecular weight excluding hydrogens is 434 g/mol. The molecule has 2 fully saturated rings. The SMILES string of the molecule is CN1CC2CN(c3ccc(-c4cnc5[nH]cc(-c6ccc(C(=O)N(C)C)cc6)c5c4)cc3)CC2C1. The van der Waals surface area contributed by atoms with Crippen molar-refractivity contribution in [1.29, 1.82) is 0 Å². The van der Waals surface area contributed by atoms with Crippen molar-refractivity contribution in [1.82, 2.24) is 19.8 Å². The van der Waals surface area contributed by atoms with Crippen LogP contribution in [-0.4, -0.2) is 73.0 Å². The normalized spacial score (nSPS) is 19.9. The van der Waals surface area contributed by atoms with Gasteiger partial charge in [0.05, 0.1) is 0 Å². The standard InChI is InChI=1S/C29H31N5O/c1-32(2)29(35)21-6-4-20(5-7-21)27-14-31-28-26(27)12-22(13-30-28)19-8-10-25(11-9-19)34-17-23-15-33(3)16-24(23)18-34/h4-14,23-24H,15-18H2,1-3H3,(H,30,31). The van der Waals surface area contributed by atoms with Gasteiger partial charge in [-0.2, -0.15) is 0 Å². The zero-order chi connectivity index (χ0) is 24.1. The van der Waals surface area contributed by atoms with E-state index >= 15 is 0 Å². The van der Waals surface area contributed by atoms with Crippen LogP contribution in [0.4, 0.5) is 5.69 Å². The van der Waals surface area contributed by atoms with E-state index < -0.39 is 0 Å². The van der Waals surface area contributed by atoms with E-state index in [1.165, 1.54) is 24.3 Å². The average molecular weight is 466 g/mol. The molecule has 2 aromatic carbocycles. The molecule has 1 N–H and O–H groups in total. The van der Waals surface area contributed by atoms with Gasteiger partial charge in [0.25, 0.3) is 5.91 Å². The number of aromatic amines is 1. The predicted molar refractivity (Wildman–Crippen MR) is 142 cm³/mol. The Morgan fingerprint density at radius 2 is 1.57 bits per heavy atom. The summed E-state index contributed by atoms with van der Waals surface area (Å²) >= 11 is 0. The van der Waals surface area contributed by atoms with Crippen LogP contribution in [0.3, 0.4) is 0 Å². The van der Waals surface area contributed by atoms with Crippen LogP contribution in [0, 0.1) is 11.8 Å². The summed E-state index contributed by atoms with van der Waals surface area (Å²) in [6, 6.07) is 18.9. The highest BCUT2D eigenvalue weighted by molar-refractivity contribution is 5.98. The lowest BCUT2D eigenvalue weighted by Crippen LogP contribution is -2.26. The van der Waals surface area contributed by atoms with E-state index in [0.29, 0.717) is 5.56 Å². The van der Waals surface area contributed by atoms with Crippen LogP contribution >= 0.6 is 0 Å². The zero-order valence-corrected chi connectivity index (χ0v) is 20.5. The van der Waals surface area contributed by atoms with Gasteiger partial charge in [-0.05, 0) is 60.3 Å². The van der Waals surface area contributed by atoms with Crippen molar-refractivity contribution in [3.63, 3.8) is 0 Å². The highest BCUT2D eigenvalue weighted by Gasteiger charge is 2.38. The van der Waals surface area contributed by atoms with Crippen LogP contribution < -0.4 is 4.90 Å². The van der Waals surface area contributed by atoms with Gasteiger partial charge in [-0.25, -0.2) is 4.98 Å². The van der Waals surface area contributed by atoms with Gasteiger partial charge in [0, 0.05) is 80.4 Å². The number of anilines is 1. The van der Waals surface area contributed by atoms with Gasteiger partial charge in [0.15, 0.2) is 0 Å². The van der Waals surface area contributed by atoms with E-state index in [2.05, 4.69) is 57.1 Å². The molecule has 2 aliphatic heterocycles. The Balaban J connectivity index is 1.25. The molecular formula is C29H31N5O. The van der Waals surface area contributed by atoms with Gasteiger partial charge in [-0.1, -0.05) is 24.3 Å². The van der Waals surface area contributed by atoms with E-state index in [4.69, 9.17) is 0 Å². The molecule has 6 nitrogen and oxygen atoms in total. The Morgan fingerprint density at radius 3 is 2.23 bits per heavy atom. The summed E-state index contributed by atoms with van der Waals surface area (Å²) in [5.74, 6) is 1.61. The van der Waals surface area contributed by atoms with E-state index in [1.807, 2.05) is 36.7 Å². The Kier molecular flexibility index (Phi) is 5.33. The maximum Gasteiger partial charge on any atom is 0.253 e. The highest BCUT2D eigenvalue weighted by atomic mass is 16.2. The van der Waals surface area contributed by atoms with Crippen LogP contribution in [0.25, 0.3) is 33.3 Å². The number of amides is 1. The summed E-state index contributed by atoms with van der Waals surface area (Å²) in [4.78, 5) is 26.8. The number of benzene rings is 2. The summed E-state index contributed by atoms with van der Waals surface area (Å²) in [5.41, 5.74) is 7.28. The van der Waals surface area contributed by atoms with E-state index in [9.17, 15) is 4.79 Å². The molecule has 0 radical (unpaired) electrons. The third-order valence-electron chi connectivity index (χ3n) is 7.61. The largest absolute Gasteiger partial charge is 0.371 e. The third kappa shape index (κ3) is 3.98. The average Bonchev–Trinajstić information content (AvgIpc) is 3.56. The molecule has 35 heavy (non-hydrogen) atoms. The highest BCUT2D eigenvalue weighted by Crippen LogP contribution is 2.35. The molecule has 6 rings (SSSR count). The van der Waals surface area contributed by atoms with Crippen molar-refractivity contribution < 1.29 is 4.79 Å². The van der Waals surface area contributed by atoms with Gasteiger partial charge in [-0.15, -0.1) is 0 Å². The minimum Gasteiger partial charge on any atom is -0.371 e. The van der Waals surface area contributed by atoms with Crippen molar-refractivity contribution in [2.45, 2.75) is 0 Å². The molecule has 2 aromatic heterocycles. The molecule has 0 aliphatic carbocycles. The van der Waals surface area contributed by atoms with Crippen molar-refractivity contribution in [3.05, 3.63) is 72.6 Å². The molecule has 2 atom stereocenters. The molecule has 178 valence electrons. The first-order valence-electron chi connectivity index (χ1n) is 12.3. The molecule has 0 spiro atoms. The maximum atomic E-state index is 12.2. The molecule has 6 heteroatoms. The molecule has 0 bridgehead atoms. The number of nitrogens with zero attached hydrogens (tertiary/aromatic N) is 4. The van der Waals surface area contributed by atoms with Gasteiger partial charge >= 0.3 is 0 Å². The number of H-pyrrole nitrogens is 1. The number of hydrogen-bond donors (Lipinski definition) is 1. The van der Waals surface area contributed by atoms with Crippen LogP contribution in [-0.2, 0) is 0 Å². The Labute approximate surface area is 206 Å². The van der Waals surface area contributed by atoms with Crippen LogP contribution in [0.2, 0.25) is 0 Å². The molecule has 4 heterocycles. The summed E-state index contributed by atoms with van der Waals surface area (Å²) in [6.07, 6.45) is 3.93. The number of carbonyl (C=O) groups excluding carboxylic acids is 1. The van der Waals surface area contributed by atoms with Crippen LogP contribution in [0.1, 0.15) is 10.4 Å². The van der Waals surface area contributed by atoms with Gasteiger partial charge in [0.1, 0.15) is 5.65 Å². The summed E-state index contributed by atoms with van der Waals surface area (Å²) in [6.45, 7) is 4.76. The van der Waals surface area contributed by atoms with E-state index in [-0.39, 0.29) is 5.91 Å². The summed E-state index contributed by atoms with van der Waals surface area (Å²) in [5, 5.41) is 1.08. The number of nitrogens with one attached hydrogen (secondary N) is 1. The fraction of sp³-hybridized carbons (Fsp3) is 0.310. The lowest BCUT2D eigenvalue weighted by molar-refractivity contribution is 0.0827. The van der Waals surface area contributed by atoms with Crippen molar-refractivity contribution in [3.8, 4) is 22.3 Å². The maximum absolute atomic E-state index is 12.2. The quantitative estimate of drug-likeness (QED) is 0.479. The third-order valence-corrected chi connectivity index (χ3v) is 7.61. The van der Waals surface area contributed by atoms with Crippen LogP contribution in [0.15, 0.2) is 67.0 Å². The number of rotatable bonds is 4. The first-order chi connectivity index (χ1) is 17.0. The number of fused-ring (bicyclic) bond motifs is 2. The number of likely N-dealkylation sites (tertiary alicyclic amines) is 1. The first-order valence-corrected chi connectivity index (χ1v) is 12.3. The lowest BCUT2D eigenvalue weighted by atomic mass is 10.0. The fourth-order valence-corrected chi connectivity index (χ4v) is 5.75. The van der Waals surface area contributed by atoms with Gasteiger partial charge in [0.2, 0.25) is 0 Å². The number of carbonyl (C=O) groups is 1. The van der Waals surface area contributed by atoms with Gasteiger partial charge in [-0.3, -0.25) is 4.79 Å². The van der Waals surface area contributed by atoms with Gasteiger partial charge < -0.3 is 19.7 Å². The minimum atomic E-state index is 0.00681. The smallest absolute Gasteiger partial charge is 0.253 e. The molecule has 2 saturated heterocycles. The molecule has 4 aromatic rings. The second-order valence-electron chi connectivity index (χ2n) is 10.3. The fourth-order valence-electron chi connectivity index (χ4n) is 5.75. The topological polar surface area (TPSA) is 55.5 Å². The second-order valence-corrected chi connectivity index (χ2v) is 10.3. The van der Waals surface area contributed by atoms with E-state index in [0.717, 1.165) is 52.6 Å². The Bertz CT molecular complexity index is 1360. The zero-order valence-electron chi connectivity index (χ0n) is 20.5. The van der Waals surface area contributed by atoms with Crippen molar-refractivity contribution in [2.24, 2.45) is 11.8 Å². The first kappa shape index (κ1) is 21.9. The van der Waals surface area contributed by atoms with Crippen molar-refractivity contribution >= 4 is 22.6 Å². The predicted octanol–water partition coefficient (Wildman–Crippen LogP) is 4.60. The minimum absolute atomic E-state index is 0.00681. The number of aromatic nitrogens is 2. The molecule has 2 unspecified atom stereocenters. The van der Waals surface area contributed by atoms with E-state index in [1.54, 1.807) is 19.0 Å². The lowest BCUT2D eigenvalue weighted by Gasteiger charge is -2.21. The number of pyridine rings is 1. The monoisotopic (exact) mass is 465 g/mol. The molecule has 2 aliphatic rings. The van der Waals surface area contributed by atoms with Crippen LogP contribution in [0.5, 0.6) is 0 Å². The molecule has 1 amide bonds. The Hall–Kier alpha value is -3.64. The molecule has 0 saturated carbocycles. The second kappa shape index (κ2) is 8.54. The summed E-state index contributed by atoms with van der Waals surface area (Å²) in [7, 11) is 5.77. The number of hydrogen-bond acceptors (Lipinski definition) is 4. The Morgan fingerprint density at radius 1 is 0.914 bits per heavy atom. The summed E-state index contributed by atoms with van der Waals surface area (Å²) < 4.78 is 0.